The van der Waals surface area contributed by atoms with Crippen molar-refractivity contribution >= 4 is 5.78 Å². The lowest BCUT2D eigenvalue weighted by atomic mass is 10.1. The molecule has 0 radical (unpaired) electrons. The average Bonchev–Trinajstić information content (AvgIpc) is 2.26. The maximum Gasteiger partial charge on any atom is 0.159 e. The lowest BCUT2D eigenvalue weighted by Gasteiger charge is -2.13. The van der Waals surface area contributed by atoms with E-state index in [0.717, 1.165) is 11.3 Å². The van der Waals surface area contributed by atoms with Crippen molar-refractivity contribution in [2.45, 2.75) is 26.9 Å². The third-order valence-corrected chi connectivity index (χ3v) is 2.46. The predicted octanol–water partition coefficient (Wildman–Crippen LogP) is 2.61. The van der Waals surface area contributed by atoms with Gasteiger partial charge in [-0.1, -0.05) is 0 Å². The van der Waals surface area contributed by atoms with Gasteiger partial charge in [0.25, 0.3) is 0 Å². The van der Waals surface area contributed by atoms with E-state index in [1.165, 1.54) is 0 Å². The SMILES string of the molecule is COC(C)COc1ccc(C(C)=O)cc1C. The van der Waals surface area contributed by atoms with Gasteiger partial charge in [-0.25, -0.2) is 0 Å². The summed E-state index contributed by atoms with van der Waals surface area (Å²) in [6.45, 7) is 5.94. The maximum atomic E-state index is 11.2. The number of carbonyl (C=O) groups excluding carboxylic acids is 1. The molecule has 0 spiro atoms. The highest BCUT2D eigenvalue weighted by Crippen LogP contribution is 2.19. The molecule has 0 aromatic heterocycles. The third kappa shape index (κ3) is 3.35. The second-order valence-corrected chi connectivity index (χ2v) is 3.89. The molecule has 3 heteroatoms. The molecule has 0 bridgehead atoms. The van der Waals surface area contributed by atoms with Gasteiger partial charge in [0.15, 0.2) is 5.78 Å². The van der Waals surface area contributed by atoms with Crippen LogP contribution in [0, 0.1) is 6.92 Å². The highest BCUT2D eigenvalue weighted by atomic mass is 16.5. The van der Waals surface area contributed by atoms with Gasteiger partial charge in [-0.05, 0) is 44.5 Å². The fraction of sp³-hybridized carbons (Fsp3) is 0.462. The molecule has 0 saturated carbocycles. The summed E-state index contributed by atoms with van der Waals surface area (Å²) in [5.41, 5.74) is 1.68. The van der Waals surface area contributed by atoms with E-state index in [2.05, 4.69) is 0 Å². The van der Waals surface area contributed by atoms with Crippen LogP contribution in [0.4, 0.5) is 0 Å². The van der Waals surface area contributed by atoms with Crippen molar-refractivity contribution in [3.63, 3.8) is 0 Å². The summed E-state index contributed by atoms with van der Waals surface area (Å²) in [5, 5.41) is 0. The van der Waals surface area contributed by atoms with Crippen molar-refractivity contribution in [2.24, 2.45) is 0 Å². The molecule has 1 unspecified atom stereocenters. The first kappa shape index (κ1) is 12.7. The normalized spacial score (nSPS) is 12.2. The smallest absolute Gasteiger partial charge is 0.159 e. The molecule has 1 atom stereocenters. The van der Waals surface area contributed by atoms with Crippen LogP contribution in [-0.2, 0) is 4.74 Å². The summed E-state index contributed by atoms with van der Waals surface area (Å²) < 4.78 is 10.7. The molecule has 0 amide bonds. The second-order valence-electron chi connectivity index (χ2n) is 3.89. The molecule has 0 N–H and O–H groups in total. The minimum absolute atomic E-state index is 0.0619. The Hall–Kier alpha value is -1.35. The first-order valence-electron chi connectivity index (χ1n) is 5.31. The van der Waals surface area contributed by atoms with Gasteiger partial charge >= 0.3 is 0 Å². The number of benzene rings is 1. The quantitative estimate of drug-likeness (QED) is 0.718. The predicted molar refractivity (Wildman–Crippen MR) is 63.1 cm³/mol. The molecule has 1 aromatic rings. The van der Waals surface area contributed by atoms with Crippen molar-refractivity contribution in [1.82, 2.24) is 0 Å². The number of aryl methyl sites for hydroxylation is 1. The van der Waals surface area contributed by atoms with Crippen molar-refractivity contribution < 1.29 is 14.3 Å². The van der Waals surface area contributed by atoms with E-state index in [9.17, 15) is 4.79 Å². The fourth-order valence-electron chi connectivity index (χ4n) is 1.31. The van der Waals surface area contributed by atoms with Gasteiger partial charge in [-0.2, -0.15) is 0 Å². The molecule has 3 nitrogen and oxygen atoms in total. The zero-order valence-electron chi connectivity index (χ0n) is 10.2. The van der Waals surface area contributed by atoms with Crippen LogP contribution >= 0.6 is 0 Å². The number of ketones is 1. The Morgan fingerprint density at radius 2 is 2.12 bits per heavy atom. The Kier molecular flexibility index (Phi) is 4.50. The van der Waals surface area contributed by atoms with E-state index in [1.54, 1.807) is 20.1 Å². The summed E-state index contributed by atoms with van der Waals surface area (Å²) in [4.78, 5) is 11.2. The largest absolute Gasteiger partial charge is 0.491 e. The number of hydrogen-bond donors (Lipinski definition) is 0. The van der Waals surface area contributed by atoms with Gasteiger partial charge in [0.1, 0.15) is 12.4 Å². The molecular formula is C13H18O3. The average molecular weight is 222 g/mol. The molecule has 1 rings (SSSR count). The second kappa shape index (κ2) is 5.66. The monoisotopic (exact) mass is 222 g/mol. The third-order valence-electron chi connectivity index (χ3n) is 2.46. The van der Waals surface area contributed by atoms with Crippen LogP contribution in [0.2, 0.25) is 0 Å². The topological polar surface area (TPSA) is 35.5 Å². The Labute approximate surface area is 96.4 Å². The van der Waals surface area contributed by atoms with Crippen LogP contribution in [-0.4, -0.2) is 25.6 Å². The molecular weight excluding hydrogens is 204 g/mol. The zero-order valence-corrected chi connectivity index (χ0v) is 10.2. The van der Waals surface area contributed by atoms with Gasteiger partial charge in [-0.3, -0.25) is 4.79 Å². The summed E-state index contributed by atoms with van der Waals surface area (Å²) in [6, 6.07) is 5.45. The van der Waals surface area contributed by atoms with Crippen LogP contribution < -0.4 is 4.74 Å². The lowest BCUT2D eigenvalue weighted by molar-refractivity contribution is 0.0714. The van der Waals surface area contributed by atoms with E-state index in [1.807, 2.05) is 26.0 Å². The van der Waals surface area contributed by atoms with Gasteiger partial charge in [0.2, 0.25) is 0 Å². The van der Waals surface area contributed by atoms with Crippen molar-refractivity contribution in [2.75, 3.05) is 13.7 Å². The van der Waals surface area contributed by atoms with Crippen molar-refractivity contribution in [3.8, 4) is 5.75 Å². The minimum Gasteiger partial charge on any atom is -0.491 e. The Morgan fingerprint density at radius 1 is 1.44 bits per heavy atom. The number of hydrogen-bond acceptors (Lipinski definition) is 3. The molecule has 0 aliphatic rings. The molecule has 1 aromatic carbocycles. The summed E-state index contributed by atoms with van der Waals surface area (Å²) in [7, 11) is 1.65. The van der Waals surface area contributed by atoms with E-state index >= 15 is 0 Å². The highest BCUT2D eigenvalue weighted by molar-refractivity contribution is 5.94. The van der Waals surface area contributed by atoms with E-state index in [0.29, 0.717) is 12.2 Å². The van der Waals surface area contributed by atoms with Gasteiger partial charge in [0, 0.05) is 12.7 Å². The minimum atomic E-state index is 0.0619. The number of carbonyl (C=O) groups is 1. The van der Waals surface area contributed by atoms with Gasteiger partial charge < -0.3 is 9.47 Å². The van der Waals surface area contributed by atoms with E-state index in [-0.39, 0.29) is 11.9 Å². The Balaban J connectivity index is 2.72. The van der Waals surface area contributed by atoms with Gasteiger partial charge in [-0.15, -0.1) is 0 Å². The molecule has 88 valence electrons. The van der Waals surface area contributed by atoms with Gasteiger partial charge in [0.05, 0.1) is 6.10 Å². The number of rotatable bonds is 5. The zero-order chi connectivity index (χ0) is 12.1. The van der Waals surface area contributed by atoms with Crippen LogP contribution in [0.1, 0.15) is 29.8 Å². The standard InChI is InChI=1S/C13H18O3/c1-9-7-12(11(3)14)5-6-13(9)16-8-10(2)15-4/h5-7,10H,8H2,1-4H3. The van der Waals surface area contributed by atoms with Crippen LogP contribution in [0.25, 0.3) is 0 Å². The molecule has 0 aliphatic heterocycles. The highest BCUT2D eigenvalue weighted by Gasteiger charge is 2.06. The maximum absolute atomic E-state index is 11.2. The first-order chi connectivity index (χ1) is 7.54. The Morgan fingerprint density at radius 3 is 2.62 bits per heavy atom. The van der Waals surface area contributed by atoms with E-state index < -0.39 is 0 Å². The van der Waals surface area contributed by atoms with E-state index in [4.69, 9.17) is 9.47 Å². The Bertz CT molecular complexity index is 371. The fourth-order valence-corrected chi connectivity index (χ4v) is 1.31. The van der Waals surface area contributed by atoms with Crippen molar-refractivity contribution in [3.05, 3.63) is 29.3 Å². The van der Waals surface area contributed by atoms with Crippen LogP contribution in [0.15, 0.2) is 18.2 Å². The number of Topliss-reactive ketones (excluding diaryl/α,β-unsaturated/α-hetero) is 1. The first-order valence-corrected chi connectivity index (χ1v) is 5.31. The molecule has 0 aliphatic carbocycles. The summed E-state index contributed by atoms with van der Waals surface area (Å²) >= 11 is 0. The van der Waals surface area contributed by atoms with Crippen LogP contribution in [0.5, 0.6) is 5.75 Å². The van der Waals surface area contributed by atoms with Crippen molar-refractivity contribution in [1.29, 1.82) is 0 Å². The molecule has 0 saturated heterocycles. The summed E-state index contributed by atoms with van der Waals surface area (Å²) in [6.07, 6.45) is 0.0619. The summed E-state index contributed by atoms with van der Waals surface area (Å²) in [5.74, 6) is 0.869. The molecule has 0 fully saturated rings. The van der Waals surface area contributed by atoms with Crippen LogP contribution in [0.3, 0.4) is 0 Å². The molecule has 0 heterocycles. The molecule has 16 heavy (non-hydrogen) atoms. The number of methoxy groups -OCH3 is 1. The number of ether oxygens (including phenoxy) is 2. The lowest BCUT2D eigenvalue weighted by Crippen LogP contribution is -2.16.